The van der Waals surface area contributed by atoms with Crippen LogP contribution in [0, 0.1) is 0 Å². The molecule has 0 aromatic carbocycles. The fraction of sp³-hybridized carbons (Fsp3) is 0.750. The van der Waals surface area contributed by atoms with Crippen LogP contribution in [0.25, 0.3) is 0 Å². The average molecular weight is 103 g/mol. The summed E-state index contributed by atoms with van der Waals surface area (Å²) in [4.78, 5) is 9.54. The van der Waals surface area contributed by atoms with E-state index in [1.165, 1.54) is 0 Å². The lowest BCUT2D eigenvalue weighted by molar-refractivity contribution is -0.107. The minimum atomic E-state index is 0.0911. The van der Waals surface area contributed by atoms with E-state index >= 15 is 0 Å². The van der Waals surface area contributed by atoms with Crippen molar-refractivity contribution < 1.29 is 9.90 Å². The predicted molar refractivity (Wildman–Crippen MR) is 26.0 cm³/mol. The molecule has 3 heteroatoms. The summed E-state index contributed by atoms with van der Waals surface area (Å²) >= 11 is 0. The molecule has 0 bridgehead atoms. The van der Waals surface area contributed by atoms with Gasteiger partial charge in [-0.15, -0.1) is 0 Å². The van der Waals surface area contributed by atoms with Crippen LogP contribution in [-0.2, 0) is 4.79 Å². The van der Waals surface area contributed by atoms with Crippen LogP contribution < -0.4 is 5.32 Å². The van der Waals surface area contributed by atoms with Crippen molar-refractivity contribution in [3.05, 3.63) is 0 Å². The molecule has 0 aromatic rings. The molecule has 0 rings (SSSR count). The van der Waals surface area contributed by atoms with Crippen molar-refractivity contribution in [2.24, 2.45) is 0 Å². The Balaban J connectivity index is 2.56. The number of carbonyl (C=O) groups is 1. The van der Waals surface area contributed by atoms with Crippen LogP contribution in [0.15, 0.2) is 0 Å². The normalized spacial score (nSPS) is 8.71. The molecular weight excluding hydrogens is 94.0 g/mol. The van der Waals surface area contributed by atoms with E-state index in [0.717, 1.165) is 6.29 Å². The number of nitrogens with one attached hydrogen (secondary N) is 1. The van der Waals surface area contributed by atoms with E-state index in [2.05, 4.69) is 5.32 Å². The maximum absolute atomic E-state index is 9.54. The average Bonchev–Trinajstić information content (AvgIpc) is 1.69. The predicted octanol–water partition coefficient (Wildman–Crippen LogP) is -1.23. The molecule has 0 saturated carbocycles. The second-order valence-electron chi connectivity index (χ2n) is 1.09. The molecule has 0 heterocycles. The maximum atomic E-state index is 9.54. The summed E-state index contributed by atoms with van der Waals surface area (Å²) in [6.45, 7) is 0.924. The van der Waals surface area contributed by atoms with Gasteiger partial charge in [-0.25, -0.2) is 0 Å². The fourth-order valence-corrected chi connectivity index (χ4v) is 0.240. The Morgan fingerprint density at radius 1 is 1.71 bits per heavy atom. The molecule has 0 radical (unpaired) electrons. The standard InChI is InChI=1S/C4H9NO2/c6-3-1-5-2-4-7/h3,5,7H,1-2,4H2. The SMILES string of the molecule is O=CCNCCO. The van der Waals surface area contributed by atoms with Gasteiger partial charge in [0.25, 0.3) is 0 Å². The number of rotatable bonds is 4. The molecule has 0 unspecified atom stereocenters. The van der Waals surface area contributed by atoms with Crippen molar-refractivity contribution in [1.82, 2.24) is 5.32 Å². The summed E-state index contributed by atoms with van der Waals surface area (Å²) < 4.78 is 0. The van der Waals surface area contributed by atoms with Gasteiger partial charge in [-0.2, -0.15) is 0 Å². The molecule has 7 heavy (non-hydrogen) atoms. The minimum Gasteiger partial charge on any atom is -0.395 e. The van der Waals surface area contributed by atoms with E-state index in [9.17, 15) is 4.79 Å². The van der Waals surface area contributed by atoms with Crippen molar-refractivity contribution in [3.63, 3.8) is 0 Å². The lowest BCUT2D eigenvalue weighted by atomic mass is 10.6. The van der Waals surface area contributed by atoms with Gasteiger partial charge in [0.05, 0.1) is 13.2 Å². The van der Waals surface area contributed by atoms with Crippen LogP contribution in [0.5, 0.6) is 0 Å². The lowest BCUT2D eigenvalue weighted by Crippen LogP contribution is -2.19. The zero-order valence-electron chi connectivity index (χ0n) is 4.05. The fourth-order valence-electron chi connectivity index (χ4n) is 0.240. The first kappa shape index (κ1) is 6.59. The van der Waals surface area contributed by atoms with Gasteiger partial charge in [0.2, 0.25) is 0 Å². The van der Waals surface area contributed by atoms with Crippen LogP contribution in [0.1, 0.15) is 0 Å². The number of carbonyl (C=O) groups excluding carboxylic acids is 1. The first-order chi connectivity index (χ1) is 3.41. The van der Waals surface area contributed by atoms with Crippen LogP contribution in [-0.4, -0.2) is 31.1 Å². The summed E-state index contributed by atoms with van der Waals surface area (Å²) in [6, 6.07) is 0. The summed E-state index contributed by atoms with van der Waals surface area (Å²) in [6.07, 6.45) is 0.760. The van der Waals surface area contributed by atoms with Crippen molar-refractivity contribution in [3.8, 4) is 0 Å². The molecule has 0 atom stereocenters. The van der Waals surface area contributed by atoms with Gasteiger partial charge in [0, 0.05) is 6.54 Å². The van der Waals surface area contributed by atoms with Gasteiger partial charge in [-0.1, -0.05) is 0 Å². The van der Waals surface area contributed by atoms with E-state index in [-0.39, 0.29) is 6.61 Å². The Bertz CT molecular complexity index is 47.0. The van der Waals surface area contributed by atoms with Gasteiger partial charge in [-0.3, -0.25) is 0 Å². The first-order valence-electron chi connectivity index (χ1n) is 2.17. The van der Waals surface area contributed by atoms with E-state index < -0.39 is 0 Å². The second-order valence-corrected chi connectivity index (χ2v) is 1.09. The first-order valence-corrected chi connectivity index (χ1v) is 2.17. The number of aliphatic hydroxyl groups excluding tert-OH is 1. The Labute approximate surface area is 42.3 Å². The third-order valence-electron chi connectivity index (χ3n) is 0.516. The highest BCUT2D eigenvalue weighted by molar-refractivity contribution is 5.51. The number of hydrogen-bond acceptors (Lipinski definition) is 3. The molecule has 0 aliphatic heterocycles. The van der Waals surface area contributed by atoms with E-state index in [0.29, 0.717) is 13.1 Å². The molecule has 0 aromatic heterocycles. The van der Waals surface area contributed by atoms with Gasteiger partial charge in [0.15, 0.2) is 0 Å². The minimum absolute atomic E-state index is 0.0911. The number of hydrogen-bond donors (Lipinski definition) is 2. The van der Waals surface area contributed by atoms with Crippen LogP contribution in [0.2, 0.25) is 0 Å². The Hall–Kier alpha value is -0.410. The maximum Gasteiger partial charge on any atom is 0.133 e. The monoisotopic (exact) mass is 103 g/mol. The number of aldehydes is 1. The Morgan fingerprint density at radius 3 is 2.86 bits per heavy atom. The van der Waals surface area contributed by atoms with Crippen LogP contribution in [0.4, 0.5) is 0 Å². The molecule has 0 aliphatic carbocycles. The Morgan fingerprint density at radius 2 is 2.43 bits per heavy atom. The largest absolute Gasteiger partial charge is 0.395 e. The van der Waals surface area contributed by atoms with Crippen molar-refractivity contribution in [1.29, 1.82) is 0 Å². The molecule has 0 aliphatic rings. The quantitative estimate of drug-likeness (QED) is 0.346. The van der Waals surface area contributed by atoms with E-state index in [1.54, 1.807) is 0 Å². The van der Waals surface area contributed by atoms with E-state index in [1.807, 2.05) is 0 Å². The summed E-state index contributed by atoms with van der Waals surface area (Å²) in [7, 11) is 0. The zero-order chi connectivity index (χ0) is 5.54. The molecule has 42 valence electrons. The van der Waals surface area contributed by atoms with Crippen molar-refractivity contribution >= 4 is 6.29 Å². The highest BCUT2D eigenvalue weighted by Gasteiger charge is 1.77. The summed E-state index contributed by atoms with van der Waals surface area (Å²) in [5.74, 6) is 0. The zero-order valence-corrected chi connectivity index (χ0v) is 4.05. The second kappa shape index (κ2) is 5.59. The van der Waals surface area contributed by atoms with Crippen LogP contribution >= 0.6 is 0 Å². The Kier molecular flexibility index (Phi) is 5.26. The third-order valence-corrected chi connectivity index (χ3v) is 0.516. The van der Waals surface area contributed by atoms with Gasteiger partial charge in [-0.05, 0) is 0 Å². The summed E-state index contributed by atoms with van der Waals surface area (Å²) in [5, 5.41) is 10.8. The smallest absolute Gasteiger partial charge is 0.133 e. The van der Waals surface area contributed by atoms with Gasteiger partial charge in [0.1, 0.15) is 6.29 Å². The number of aliphatic hydroxyl groups is 1. The third kappa shape index (κ3) is 5.59. The summed E-state index contributed by atoms with van der Waals surface area (Å²) in [5.41, 5.74) is 0. The highest BCUT2D eigenvalue weighted by atomic mass is 16.3. The van der Waals surface area contributed by atoms with Crippen LogP contribution in [0.3, 0.4) is 0 Å². The van der Waals surface area contributed by atoms with Gasteiger partial charge < -0.3 is 15.2 Å². The lowest BCUT2D eigenvalue weighted by Gasteiger charge is -1.90. The molecular formula is C4H9NO2. The van der Waals surface area contributed by atoms with Gasteiger partial charge >= 0.3 is 0 Å². The highest BCUT2D eigenvalue weighted by Crippen LogP contribution is 1.50. The molecule has 0 saturated heterocycles. The topological polar surface area (TPSA) is 49.3 Å². The molecule has 0 amide bonds. The molecule has 3 nitrogen and oxygen atoms in total. The molecule has 2 N–H and O–H groups in total. The molecule has 0 fully saturated rings. The van der Waals surface area contributed by atoms with E-state index in [4.69, 9.17) is 5.11 Å². The molecule has 0 spiro atoms. The van der Waals surface area contributed by atoms with Crippen molar-refractivity contribution in [2.75, 3.05) is 19.7 Å². The van der Waals surface area contributed by atoms with Crippen molar-refractivity contribution in [2.45, 2.75) is 0 Å².